The summed E-state index contributed by atoms with van der Waals surface area (Å²) in [5.41, 5.74) is 10.6. The maximum absolute atomic E-state index is 13.7. The van der Waals surface area contributed by atoms with Crippen molar-refractivity contribution in [2.45, 2.75) is 13.1 Å². The smallest absolute Gasteiger partial charge is 0.228 e. The predicted octanol–water partition coefficient (Wildman–Crippen LogP) is 4.72. The number of aromatic nitrogens is 4. The fourth-order valence-corrected chi connectivity index (χ4v) is 4.83. The van der Waals surface area contributed by atoms with Gasteiger partial charge in [-0.3, -0.25) is 4.90 Å². The van der Waals surface area contributed by atoms with Crippen LogP contribution in [-0.2, 0) is 13.1 Å². The molecule has 0 amide bonds. The van der Waals surface area contributed by atoms with Gasteiger partial charge in [-0.2, -0.15) is 4.98 Å². The molecule has 2 aromatic heterocycles. The van der Waals surface area contributed by atoms with Crippen LogP contribution < -0.4 is 10.6 Å². The number of piperazine rings is 1. The lowest BCUT2D eigenvalue weighted by atomic mass is 10.1. The molecular weight excluding hydrogens is 484 g/mol. The van der Waals surface area contributed by atoms with Crippen molar-refractivity contribution < 1.29 is 8.78 Å². The molecule has 0 bridgehead atoms. The zero-order valence-electron chi connectivity index (χ0n) is 20.8. The third kappa shape index (κ3) is 4.92. The van der Waals surface area contributed by atoms with Crippen LogP contribution in [0.25, 0.3) is 22.3 Å². The molecule has 1 saturated heterocycles. The summed E-state index contributed by atoms with van der Waals surface area (Å²) in [6, 6.07) is 22.9. The van der Waals surface area contributed by atoms with E-state index in [0.29, 0.717) is 35.0 Å². The Labute approximate surface area is 219 Å². The number of hydrogen-bond donors (Lipinski definition) is 1. The maximum Gasteiger partial charge on any atom is 0.228 e. The third-order valence-corrected chi connectivity index (χ3v) is 6.90. The Bertz CT molecular complexity index is 1540. The molecule has 9 heteroatoms. The van der Waals surface area contributed by atoms with Crippen LogP contribution in [0.3, 0.4) is 0 Å². The molecule has 6 rings (SSSR count). The maximum atomic E-state index is 13.7. The minimum absolute atomic E-state index is 0.227. The van der Waals surface area contributed by atoms with Gasteiger partial charge in [0.25, 0.3) is 0 Å². The molecular formula is C29H27F2N7. The van der Waals surface area contributed by atoms with Crippen molar-refractivity contribution in [2.24, 2.45) is 0 Å². The Morgan fingerprint density at radius 1 is 0.711 bits per heavy atom. The molecule has 7 nitrogen and oxygen atoms in total. The van der Waals surface area contributed by atoms with Gasteiger partial charge < -0.3 is 10.6 Å². The number of nitrogens with zero attached hydrogens (tertiary/aromatic N) is 6. The zero-order valence-corrected chi connectivity index (χ0v) is 20.8. The molecule has 0 radical (unpaired) electrons. The normalized spacial score (nSPS) is 14.3. The van der Waals surface area contributed by atoms with Gasteiger partial charge in [0.15, 0.2) is 5.65 Å². The van der Waals surface area contributed by atoms with Crippen LogP contribution >= 0.6 is 0 Å². The van der Waals surface area contributed by atoms with Crippen molar-refractivity contribution in [3.8, 4) is 11.3 Å². The van der Waals surface area contributed by atoms with Gasteiger partial charge in [0.1, 0.15) is 17.5 Å². The van der Waals surface area contributed by atoms with Gasteiger partial charge in [0.2, 0.25) is 5.95 Å². The first-order chi connectivity index (χ1) is 18.5. The van der Waals surface area contributed by atoms with Crippen LogP contribution in [0, 0.1) is 11.6 Å². The monoisotopic (exact) mass is 511 g/mol. The summed E-state index contributed by atoms with van der Waals surface area (Å²) in [6.07, 6.45) is 0. The van der Waals surface area contributed by atoms with Crippen molar-refractivity contribution >= 4 is 22.8 Å². The largest absolute Gasteiger partial charge is 0.383 e. The van der Waals surface area contributed by atoms with Crippen molar-refractivity contribution in [1.82, 2.24) is 24.6 Å². The van der Waals surface area contributed by atoms with Crippen LogP contribution in [0.2, 0.25) is 0 Å². The number of fused-ring (bicyclic) bond motifs is 1. The second-order valence-corrected chi connectivity index (χ2v) is 9.50. The van der Waals surface area contributed by atoms with E-state index in [-0.39, 0.29) is 11.6 Å². The highest BCUT2D eigenvalue weighted by molar-refractivity contribution is 5.99. The average Bonchev–Trinajstić information content (AvgIpc) is 3.25. The fraction of sp³-hybridized carbons (Fsp3) is 0.207. The van der Waals surface area contributed by atoms with E-state index in [1.807, 2.05) is 42.5 Å². The Kier molecular flexibility index (Phi) is 6.43. The van der Waals surface area contributed by atoms with E-state index in [0.717, 1.165) is 49.4 Å². The van der Waals surface area contributed by atoms with E-state index < -0.39 is 0 Å². The number of rotatable bonds is 6. The van der Waals surface area contributed by atoms with Gasteiger partial charge in [0, 0.05) is 38.3 Å². The molecule has 5 aromatic rings. The second-order valence-electron chi connectivity index (χ2n) is 9.50. The lowest BCUT2D eigenvalue weighted by Gasteiger charge is -2.34. The molecule has 3 aromatic carbocycles. The summed E-state index contributed by atoms with van der Waals surface area (Å²) in [4.78, 5) is 14.2. The van der Waals surface area contributed by atoms with Crippen molar-refractivity contribution in [2.75, 3.05) is 36.8 Å². The minimum Gasteiger partial charge on any atom is -0.383 e. The Morgan fingerprint density at radius 2 is 1.34 bits per heavy atom. The highest BCUT2D eigenvalue weighted by Crippen LogP contribution is 2.33. The first kappa shape index (κ1) is 24.0. The van der Waals surface area contributed by atoms with Gasteiger partial charge in [0.05, 0.1) is 17.6 Å². The van der Waals surface area contributed by atoms with Crippen LogP contribution in [0.4, 0.5) is 20.5 Å². The fourth-order valence-electron chi connectivity index (χ4n) is 4.83. The Hall–Kier alpha value is -4.37. The Balaban J connectivity index is 1.31. The molecule has 3 heterocycles. The number of hydrogen-bond acceptors (Lipinski definition) is 6. The van der Waals surface area contributed by atoms with E-state index in [2.05, 4.69) is 9.80 Å². The molecule has 0 unspecified atom stereocenters. The van der Waals surface area contributed by atoms with Gasteiger partial charge in [-0.15, -0.1) is 5.10 Å². The molecule has 38 heavy (non-hydrogen) atoms. The highest BCUT2D eigenvalue weighted by Gasteiger charge is 2.24. The summed E-state index contributed by atoms with van der Waals surface area (Å²) >= 11 is 0. The molecule has 0 aliphatic carbocycles. The molecule has 1 fully saturated rings. The number of benzene rings is 3. The van der Waals surface area contributed by atoms with Crippen LogP contribution in [0.5, 0.6) is 0 Å². The third-order valence-electron chi connectivity index (χ3n) is 6.90. The topological polar surface area (TPSA) is 76.1 Å². The van der Waals surface area contributed by atoms with Crippen LogP contribution in [-0.4, -0.2) is 50.8 Å². The van der Waals surface area contributed by atoms with Gasteiger partial charge in [-0.25, -0.2) is 18.4 Å². The summed E-state index contributed by atoms with van der Waals surface area (Å²) < 4.78 is 28.7. The van der Waals surface area contributed by atoms with E-state index >= 15 is 0 Å². The molecule has 0 atom stereocenters. The molecule has 0 saturated carbocycles. The number of nitrogens with two attached hydrogens (primary N) is 1. The van der Waals surface area contributed by atoms with Crippen LogP contribution in [0.1, 0.15) is 11.1 Å². The predicted molar refractivity (Wildman–Crippen MR) is 145 cm³/mol. The molecule has 0 spiro atoms. The van der Waals surface area contributed by atoms with E-state index in [4.69, 9.17) is 20.8 Å². The standard InChI is InChI=1S/C29H27F2N7/c30-23-10-6-21(7-11-23)18-36-14-16-37(17-15-36)29-33-26(22-8-12-24(31)13-9-22)25-27(32)38(35-28(25)34-29)19-20-4-2-1-3-5-20/h1-13H,14-19,32H2. The summed E-state index contributed by atoms with van der Waals surface area (Å²) in [5, 5.41) is 5.40. The number of halogens is 2. The number of anilines is 2. The van der Waals surface area contributed by atoms with Gasteiger partial charge in [-0.05, 0) is 47.5 Å². The second kappa shape index (κ2) is 10.2. The van der Waals surface area contributed by atoms with Crippen LogP contribution in [0.15, 0.2) is 78.9 Å². The van der Waals surface area contributed by atoms with E-state index in [1.54, 1.807) is 16.8 Å². The lowest BCUT2D eigenvalue weighted by Crippen LogP contribution is -2.46. The summed E-state index contributed by atoms with van der Waals surface area (Å²) in [7, 11) is 0. The van der Waals surface area contributed by atoms with E-state index in [1.165, 1.54) is 24.3 Å². The zero-order chi connectivity index (χ0) is 26.1. The average molecular weight is 512 g/mol. The molecule has 1 aliphatic heterocycles. The van der Waals surface area contributed by atoms with Gasteiger partial charge >= 0.3 is 0 Å². The quantitative estimate of drug-likeness (QED) is 0.356. The summed E-state index contributed by atoms with van der Waals surface area (Å²) in [6.45, 7) is 4.36. The molecule has 1 aliphatic rings. The minimum atomic E-state index is -0.315. The molecule has 2 N–H and O–H groups in total. The van der Waals surface area contributed by atoms with Crippen molar-refractivity contribution in [3.63, 3.8) is 0 Å². The first-order valence-electron chi connectivity index (χ1n) is 12.6. The Morgan fingerprint density at radius 3 is 2.03 bits per heavy atom. The van der Waals surface area contributed by atoms with E-state index in [9.17, 15) is 8.78 Å². The van der Waals surface area contributed by atoms with Crippen molar-refractivity contribution in [3.05, 3.63) is 102 Å². The highest BCUT2D eigenvalue weighted by atomic mass is 19.1. The lowest BCUT2D eigenvalue weighted by molar-refractivity contribution is 0.248. The SMILES string of the molecule is Nc1c2c(-c3ccc(F)cc3)nc(N3CCN(Cc4ccc(F)cc4)CC3)nc2nn1Cc1ccccc1. The number of nitrogen functional groups attached to an aromatic ring is 1. The van der Waals surface area contributed by atoms with Gasteiger partial charge in [-0.1, -0.05) is 42.5 Å². The molecule has 192 valence electrons. The first-order valence-corrected chi connectivity index (χ1v) is 12.6. The van der Waals surface area contributed by atoms with Crippen molar-refractivity contribution in [1.29, 1.82) is 0 Å². The summed E-state index contributed by atoms with van der Waals surface area (Å²) in [5.74, 6) is 0.501.